The van der Waals surface area contributed by atoms with Gasteiger partial charge in [-0.1, -0.05) is 55.5 Å². The first-order chi connectivity index (χ1) is 14.4. The second kappa shape index (κ2) is 9.28. The third-order valence-corrected chi connectivity index (χ3v) is 5.03. The number of rotatable bonds is 6. The van der Waals surface area contributed by atoms with Gasteiger partial charge in [0.05, 0.1) is 4.92 Å². The summed E-state index contributed by atoms with van der Waals surface area (Å²) >= 11 is 5.65. The number of aliphatic hydroxyl groups excluding tert-OH is 1. The molecule has 2 aromatic carbocycles. The summed E-state index contributed by atoms with van der Waals surface area (Å²) in [6.07, 6.45) is 4.33. The summed E-state index contributed by atoms with van der Waals surface area (Å²) in [5, 5.41) is 25.7. The molecule has 0 atom stereocenters. The van der Waals surface area contributed by atoms with Crippen LogP contribution in [0.1, 0.15) is 23.6 Å². The van der Waals surface area contributed by atoms with Gasteiger partial charge in [0.1, 0.15) is 0 Å². The number of thiocarbonyl (C=S) groups is 1. The Balaban J connectivity index is 2.12. The molecule has 0 unspecified atom stereocenters. The SMILES string of the molecule is CCc1ccccc1NC(=S)C(=C(O)c1ccc(C)c([N+](=O)[O-])c1)[n+]1ccccc1. The van der Waals surface area contributed by atoms with Crippen molar-refractivity contribution in [3.05, 3.63) is 99.9 Å². The molecular weight excluding hydrogens is 398 g/mol. The number of benzene rings is 2. The molecule has 7 heteroatoms. The third-order valence-electron chi connectivity index (χ3n) is 4.74. The van der Waals surface area contributed by atoms with Gasteiger partial charge in [-0.2, -0.15) is 4.57 Å². The molecule has 6 nitrogen and oxygen atoms in total. The normalized spacial score (nSPS) is 11.5. The maximum absolute atomic E-state index is 11.3. The molecule has 1 heterocycles. The van der Waals surface area contributed by atoms with E-state index in [9.17, 15) is 15.2 Å². The van der Waals surface area contributed by atoms with Gasteiger partial charge >= 0.3 is 0 Å². The van der Waals surface area contributed by atoms with Crippen LogP contribution in [0.3, 0.4) is 0 Å². The number of hydrogen-bond donors (Lipinski definition) is 2. The average molecular weight is 421 g/mol. The van der Waals surface area contributed by atoms with E-state index in [0.29, 0.717) is 21.8 Å². The van der Waals surface area contributed by atoms with Crippen LogP contribution in [0.2, 0.25) is 0 Å². The molecule has 0 saturated heterocycles. The zero-order valence-electron chi connectivity index (χ0n) is 16.7. The highest BCUT2D eigenvalue weighted by Gasteiger charge is 2.25. The highest BCUT2D eigenvalue weighted by Crippen LogP contribution is 2.26. The third kappa shape index (κ3) is 4.52. The molecule has 0 fully saturated rings. The summed E-state index contributed by atoms with van der Waals surface area (Å²) in [5.41, 5.74) is 3.03. The minimum atomic E-state index is -0.463. The Morgan fingerprint density at radius 2 is 1.83 bits per heavy atom. The number of aryl methyl sites for hydroxylation is 2. The van der Waals surface area contributed by atoms with Gasteiger partial charge in [0, 0.05) is 35.0 Å². The van der Waals surface area contributed by atoms with Crippen LogP contribution in [-0.4, -0.2) is 15.0 Å². The molecular formula is C23H22N3O3S+. The fraction of sp³-hybridized carbons (Fsp3) is 0.130. The predicted octanol–water partition coefficient (Wildman–Crippen LogP) is 5.08. The van der Waals surface area contributed by atoms with Crippen molar-refractivity contribution in [3.63, 3.8) is 0 Å². The quantitative estimate of drug-likeness (QED) is 0.145. The molecule has 2 N–H and O–H groups in total. The lowest BCUT2D eigenvalue weighted by Gasteiger charge is -2.13. The van der Waals surface area contributed by atoms with E-state index in [2.05, 4.69) is 12.2 Å². The molecule has 0 radical (unpaired) electrons. The van der Waals surface area contributed by atoms with Crippen LogP contribution in [0.25, 0.3) is 11.5 Å². The Morgan fingerprint density at radius 3 is 2.50 bits per heavy atom. The van der Waals surface area contributed by atoms with Crippen LogP contribution in [0, 0.1) is 17.0 Å². The lowest BCUT2D eigenvalue weighted by molar-refractivity contribution is -0.575. The van der Waals surface area contributed by atoms with E-state index < -0.39 is 4.92 Å². The first kappa shape index (κ1) is 21.1. The van der Waals surface area contributed by atoms with Crippen molar-refractivity contribution in [2.75, 3.05) is 5.32 Å². The van der Waals surface area contributed by atoms with Gasteiger partial charge in [0.2, 0.25) is 0 Å². The van der Waals surface area contributed by atoms with Gasteiger partial charge in [-0.25, -0.2) is 0 Å². The number of nitrogens with one attached hydrogen (secondary N) is 1. The van der Waals surface area contributed by atoms with Crippen molar-refractivity contribution in [1.29, 1.82) is 0 Å². The second-order valence-corrected chi connectivity index (χ2v) is 7.11. The molecule has 0 bridgehead atoms. The number of anilines is 1. The number of pyridine rings is 1. The van der Waals surface area contributed by atoms with Gasteiger partial charge in [-0.15, -0.1) is 0 Å². The maximum Gasteiger partial charge on any atom is 0.288 e. The summed E-state index contributed by atoms with van der Waals surface area (Å²) in [7, 11) is 0. The van der Waals surface area contributed by atoms with Crippen molar-refractivity contribution in [1.82, 2.24) is 0 Å². The minimum Gasteiger partial charge on any atom is -0.502 e. The van der Waals surface area contributed by atoms with Crippen LogP contribution < -0.4 is 9.88 Å². The fourth-order valence-electron chi connectivity index (χ4n) is 3.12. The van der Waals surface area contributed by atoms with Crippen LogP contribution in [-0.2, 0) is 6.42 Å². The van der Waals surface area contributed by atoms with Crippen molar-refractivity contribution in [3.8, 4) is 0 Å². The average Bonchev–Trinajstić information content (AvgIpc) is 2.75. The first-order valence-electron chi connectivity index (χ1n) is 9.47. The molecule has 0 aliphatic heterocycles. The topological polar surface area (TPSA) is 79.3 Å². The number of hydrogen-bond acceptors (Lipinski definition) is 4. The van der Waals surface area contributed by atoms with E-state index in [1.165, 1.54) is 6.07 Å². The van der Waals surface area contributed by atoms with Crippen molar-refractivity contribution in [2.24, 2.45) is 0 Å². The minimum absolute atomic E-state index is 0.0633. The van der Waals surface area contributed by atoms with Crippen molar-refractivity contribution < 1.29 is 14.6 Å². The fourth-order valence-corrected chi connectivity index (χ4v) is 3.43. The number of nitro benzene ring substituents is 1. The molecule has 0 aliphatic rings. The molecule has 30 heavy (non-hydrogen) atoms. The second-order valence-electron chi connectivity index (χ2n) is 6.70. The Kier molecular flexibility index (Phi) is 6.54. The van der Waals surface area contributed by atoms with E-state index in [0.717, 1.165) is 17.7 Å². The molecule has 0 spiro atoms. The maximum atomic E-state index is 11.3. The summed E-state index contributed by atoms with van der Waals surface area (Å²) in [6, 6.07) is 17.9. The largest absolute Gasteiger partial charge is 0.502 e. The number of aliphatic hydroxyl groups is 1. The summed E-state index contributed by atoms with van der Waals surface area (Å²) in [4.78, 5) is 11.2. The van der Waals surface area contributed by atoms with E-state index in [-0.39, 0.29) is 11.4 Å². The zero-order chi connectivity index (χ0) is 21.7. The molecule has 152 valence electrons. The first-order valence-corrected chi connectivity index (χ1v) is 9.87. The van der Waals surface area contributed by atoms with Gasteiger partial charge in [0.25, 0.3) is 11.4 Å². The number of aromatic nitrogens is 1. The number of para-hydroxylation sites is 1. The summed E-state index contributed by atoms with van der Waals surface area (Å²) in [6.45, 7) is 3.71. The molecule has 0 aliphatic carbocycles. The molecule has 0 amide bonds. The van der Waals surface area contributed by atoms with E-state index >= 15 is 0 Å². The monoisotopic (exact) mass is 420 g/mol. The lowest BCUT2D eigenvalue weighted by atomic mass is 10.1. The van der Waals surface area contributed by atoms with Gasteiger partial charge in [-0.05, 0) is 25.0 Å². The Morgan fingerprint density at radius 1 is 1.13 bits per heavy atom. The molecule has 1 aromatic heterocycles. The molecule has 3 rings (SSSR count). The van der Waals surface area contributed by atoms with Gasteiger partial charge in [0.15, 0.2) is 23.1 Å². The number of nitro groups is 1. The predicted molar refractivity (Wildman–Crippen MR) is 122 cm³/mol. The zero-order valence-corrected chi connectivity index (χ0v) is 17.5. The van der Waals surface area contributed by atoms with Crippen LogP contribution in [0.4, 0.5) is 11.4 Å². The highest BCUT2D eigenvalue weighted by atomic mass is 32.1. The van der Waals surface area contributed by atoms with Crippen LogP contribution in [0.15, 0.2) is 73.1 Å². The van der Waals surface area contributed by atoms with Crippen LogP contribution in [0.5, 0.6) is 0 Å². The summed E-state index contributed by atoms with van der Waals surface area (Å²) in [5.74, 6) is -0.152. The number of nitrogens with zero attached hydrogens (tertiary/aromatic N) is 2. The van der Waals surface area contributed by atoms with Crippen LogP contribution >= 0.6 is 12.2 Å². The standard InChI is InChI=1S/C23H21N3O3S/c1-3-17-9-5-6-10-19(17)24-23(30)21(25-13-7-4-8-14-25)22(27)18-12-11-16(2)20(15-18)26(28)29/h4-15H,3H2,1-2H3,(H-,24,27,30)/p+1. The van der Waals surface area contributed by atoms with Gasteiger partial charge < -0.3 is 10.4 Å². The Labute approximate surface area is 180 Å². The van der Waals surface area contributed by atoms with E-state index in [1.54, 1.807) is 36.0 Å². The smallest absolute Gasteiger partial charge is 0.288 e. The van der Waals surface area contributed by atoms with Gasteiger partial charge in [-0.3, -0.25) is 10.1 Å². The summed E-state index contributed by atoms with van der Waals surface area (Å²) < 4.78 is 1.69. The highest BCUT2D eigenvalue weighted by molar-refractivity contribution is 7.81. The Bertz CT molecular complexity index is 1130. The lowest BCUT2D eigenvalue weighted by Crippen LogP contribution is -2.38. The van der Waals surface area contributed by atoms with E-state index in [1.807, 2.05) is 42.5 Å². The Hall–Kier alpha value is -3.58. The van der Waals surface area contributed by atoms with Crippen molar-refractivity contribution >= 4 is 40.0 Å². The molecule has 0 saturated carbocycles. The molecule has 3 aromatic rings. The van der Waals surface area contributed by atoms with E-state index in [4.69, 9.17) is 12.2 Å². The van der Waals surface area contributed by atoms with Crippen molar-refractivity contribution in [2.45, 2.75) is 20.3 Å².